The van der Waals surface area contributed by atoms with Crippen LogP contribution in [0.15, 0.2) is 47.1 Å². The number of rotatable bonds is 8. The third kappa shape index (κ3) is 6.22. The van der Waals surface area contributed by atoms with Crippen molar-refractivity contribution in [2.45, 2.75) is 12.8 Å². The van der Waals surface area contributed by atoms with Crippen molar-refractivity contribution in [3.8, 4) is 17.6 Å². The summed E-state index contributed by atoms with van der Waals surface area (Å²) in [6, 6.07) is 11.3. The third-order valence-electron chi connectivity index (χ3n) is 5.29. The van der Waals surface area contributed by atoms with Crippen LogP contribution < -0.4 is 4.74 Å². The number of carbonyl (C=O) groups excluding carboxylic acids is 1. The predicted octanol–water partition coefficient (Wildman–Crippen LogP) is 5.57. The van der Waals surface area contributed by atoms with E-state index in [4.69, 9.17) is 21.1 Å². The fourth-order valence-electron chi connectivity index (χ4n) is 3.58. The molecule has 37 heavy (non-hydrogen) atoms. The maximum atomic E-state index is 15.6. The summed E-state index contributed by atoms with van der Waals surface area (Å²) in [7, 11) is 3.86. The van der Waals surface area contributed by atoms with Gasteiger partial charge in [0.1, 0.15) is 5.75 Å². The van der Waals surface area contributed by atoms with Crippen molar-refractivity contribution in [3.05, 3.63) is 74.7 Å². The summed E-state index contributed by atoms with van der Waals surface area (Å²) in [5, 5.41) is 22.3. The highest BCUT2D eigenvalue weighted by molar-refractivity contribution is 9.10. The lowest BCUT2D eigenvalue weighted by molar-refractivity contribution is 0.140. The van der Waals surface area contributed by atoms with E-state index in [0.29, 0.717) is 22.0 Å². The zero-order valence-electron chi connectivity index (χ0n) is 19.9. The van der Waals surface area contributed by atoms with Crippen LogP contribution in [0.1, 0.15) is 23.2 Å². The maximum Gasteiger partial charge on any atom is 0.436 e. The summed E-state index contributed by atoms with van der Waals surface area (Å²) in [6.45, 7) is 0.978. The lowest BCUT2D eigenvalue weighted by Gasteiger charge is -2.12. The van der Waals surface area contributed by atoms with Crippen LogP contribution in [-0.4, -0.2) is 58.2 Å². The van der Waals surface area contributed by atoms with Crippen molar-refractivity contribution in [1.29, 1.82) is 5.26 Å². The number of nitriles is 1. The molecule has 0 aliphatic carbocycles. The first-order valence-corrected chi connectivity index (χ1v) is 12.3. The SMILES string of the molecule is CN(C)CCCOC(=O)n1nc(Cc2ccc(Br)c(Oc3cc(Cl)cc(C#N)c3)c2F)c2ccnnc21. The van der Waals surface area contributed by atoms with Crippen LogP contribution in [0.5, 0.6) is 11.5 Å². The molecule has 0 aliphatic heterocycles. The normalized spacial score (nSPS) is 11.1. The molecular weight excluding hydrogens is 567 g/mol. The molecule has 0 amide bonds. The number of nitrogens with zero attached hydrogens (tertiary/aromatic N) is 6. The Morgan fingerprint density at radius 1 is 1.27 bits per heavy atom. The molecule has 4 rings (SSSR count). The largest absolute Gasteiger partial charge is 0.453 e. The Hall–Kier alpha value is -3.59. The fourth-order valence-corrected chi connectivity index (χ4v) is 4.19. The Morgan fingerprint density at radius 3 is 2.84 bits per heavy atom. The van der Waals surface area contributed by atoms with Gasteiger partial charge in [0.2, 0.25) is 0 Å². The zero-order valence-corrected chi connectivity index (χ0v) is 22.3. The quantitative estimate of drug-likeness (QED) is 0.246. The second-order valence-corrected chi connectivity index (χ2v) is 9.60. The monoisotopic (exact) mass is 586 g/mol. The van der Waals surface area contributed by atoms with E-state index < -0.39 is 11.9 Å². The first kappa shape index (κ1) is 26.5. The Labute approximate surface area is 225 Å². The van der Waals surface area contributed by atoms with Gasteiger partial charge in [-0.05, 0) is 72.3 Å². The second kappa shape index (κ2) is 11.6. The van der Waals surface area contributed by atoms with Gasteiger partial charge in [0.15, 0.2) is 17.2 Å². The van der Waals surface area contributed by atoms with Gasteiger partial charge in [-0.25, -0.2) is 9.18 Å². The van der Waals surface area contributed by atoms with E-state index in [-0.39, 0.29) is 46.3 Å². The van der Waals surface area contributed by atoms with Gasteiger partial charge in [0.25, 0.3) is 0 Å². The van der Waals surface area contributed by atoms with Gasteiger partial charge >= 0.3 is 6.09 Å². The molecule has 9 nitrogen and oxygen atoms in total. The average Bonchev–Trinajstić information content (AvgIpc) is 3.24. The van der Waals surface area contributed by atoms with Crippen LogP contribution >= 0.6 is 27.5 Å². The van der Waals surface area contributed by atoms with Gasteiger partial charge in [0.05, 0.1) is 34.6 Å². The van der Waals surface area contributed by atoms with Crippen molar-refractivity contribution < 1.29 is 18.7 Å². The van der Waals surface area contributed by atoms with Gasteiger partial charge in [-0.2, -0.15) is 15.5 Å². The van der Waals surface area contributed by atoms with E-state index >= 15 is 4.39 Å². The van der Waals surface area contributed by atoms with Crippen molar-refractivity contribution in [3.63, 3.8) is 0 Å². The number of hydrogen-bond acceptors (Lipinski definition) is 8. The second-order valence-electron chi connectivity index (χ2n) is 8.31. The Balaban J connectivity index is 1.62. The van der Waals surface area contributed by atoms with E-state index in [1.165, 1.54) is 24.4 Å². The van der Waals surface area contributed by atoms with Crippen molar-refractivity contribution >= 4 is 44.7 Å². The van der Waals surface area contributed by atoms with Gasteiger partial charge in [0, 0.05) is 23.4 Å². The minimum absolute atomic E-state index is 0.0393. The van der Waals surface area contributed by atoms with Gasteiger partial charge < -0.3 is 14.4 Å². The number of carbonyl (C=O) groups is 1. The molecule has 0 fully saturated rings. The number of aromatic nitrogens is 4. The number of halogens is 3. The minimum atomic E-state index is -0.690. The lowest BCUT2D eigenvalue weighted by atomic mass is 10.1. The molecule has 0 N–H and O–H groups in total. The molecule has 0 bridgehead atoms. The number of benzene rings is 2. The van der Waals surface area contributed by atoms with E-state index in [9.17, 15) is 10.1 Å². The Kier molecular flexibility index (Phi) is 8.33. The van der Waals surface area contributed by atoms with E-state index in [0.717, 1.165) is 11.2 Å². The molecule has 2 aromatic heterocycles. The highest BCUT2D eigenvalue weighted by Gasteiger charge is 2.21. The molecule has 0 unspecified atom stereocenters. The summed E-state index contributed by atoms with van der Waals surface area (Å²) >= 11 is 9.37. The Morgan fingerprint density at radius 2 is 2.08 bits per heavy atom. The maximum absolute atomic E-state index is 15.6. The Bertz CT molecular complexity index is 1500. The summed E-state index contributed by atoms with van der Waals surface area (Å²) in [4.78, 5) is 14.7. The van der Waals surface area contributed by atoms with Crippen LogP contribution in [0.2, 0.25) is 5.02 Å². The third-order valence-corrected chi connectivity index (χ3v) is 6.13. The molecular formula is C25H21BrClFN6O3. The summed E-state index contributed by atoms with van der Waals surface area (Å²) in [5.74, 6) is -0.501. The molecule has 0 atom stereocenters. The van der Waals surface area contributed by atoms with Crippen LogP contribution in [0.25, 0.3) is 11.0 Å². The average molecular weight is 588 g/mol. The van der Waals surface area contributed by atoms with Gasteiger partial charge in [-0.3, -0.25) is 0 Å². The molecule has 2 aromatic carbocycles. The molecule has 0 saturated carbocycles. The van der Waals surface area contributed by atoms with Crippen LogP contribution in [0.3, 0.4) is 0 Å². The molecule has 0 spiro atoms. The molecule has 0 radical (unpaired) electrons. The van der Waals surface area contributed by atoms with Crippen LogP contribution in [0, 0.1) is 17.1 Å². The smallest absolute Gasteiger partial charge is 0.436 e. The van der Waals surface area contributed by atoms with E-state index in [2.05, 4.69) is 31.2 Å². The number of hydrogen-bond donors (Lipinski definition) is 0. The van der Waals surface area contributed by atoms with E-state index in [1.807, 2.05) is 25.1 Å². The van der Waals surface area contributed by atoms with Crippen molar-refractivity contribution in [2.75, 3.05) is 27.2 Å². The zero-order chi connectivity index (χ0) is 26.5. The summed E-state index contributed by atoms with van der Waals surface area (Å²) < 4.78 is 28.1. The first-order chi connectivity index (χ1) is 17.8. The van der Waals surface area contributed by atoms with Crippen molar-refractivity contribution in [2.24, 2.45) is 0 Å². The van der Waals surface area contributed by atoms with Crippen LogP contribution in [-0.2, 0) is 11.2 Å². The molecule has 0 saturated heterocycles. The fraction of sp³-hybridized carbons (Fsp3) is 0.240. The molecule has 190 valence electrons. The molecule has 2 heterocycles. The van der Waals surface area contributed by atoms with E-state index in [1.54, 1.807) is 18.2 Å². The number of ether oxygens (including phenoxy) is 2. The lowest BCUT2D eigenvalue weighted by Crippen LogP contribution is -2.19. The first-order valence-electron chi connectivity index (χ1n) is 11.1. The summed E-state index contributed by atoms with van der Waals surface area (Å²) in [6.07, 6.45) is 1.48. The standard InChI is InChI=1S/C25H21BrClFN6O3/c1-33(2)8-3-9-36-25(35)34-24-19(6-7-30-31-24)21(32-34)12-16-4-5-20(26)23(22(16)28)37-18-11-15(14-29)10-17(27)13-18/h4-7,10-11,13H,3,8-9,12H2,1-2H3. The van der Waals surface area contributed by atoms with Crippen LogP contribution in [0.4, 0.5) is 9.18 Å². The predicted molar refractivity (Wildman–Crippen MR) is 138 cm³/mol. The van der Waals surface area contributed by atoms with Crippen molar-refractivity contribution in [1.82, 2.24) is 24.9 Å². The highest BCUT2D eigenvalue weighted by Crippen LogP contribution is 2.36. The molecule has 0 aliphatic rings. The molecule has 4 aromatic rings. The summed E-state index contributed by atoms with van der Waals surface area (Å²) in [5.41, 5.74) is 1.18. The molecule has 12 heteroatoms. The van der Waals surface area contributed by atoms with Gasteiger partial charge in [-0.1, -0.05) is 17.7 Å². The number of fused-ring (bicyclic) bond motifs is 1. The highest BCUT2D eigenvalue weighted by atomic mass is 79.9. The van der Waals surface area contributed by atoms with Gasteiger partial charge in [-0.15, -0.1) is 9.78 Å². The topological polar surface area (TPSA) is 106 Å². The minimum Gasteiger partial charge on any atom is -0.453 e.